The zero-order valence-corrected chi connectivity index (χ0v) is 19.1. The standard InChI is InChI=1S/C21H28N2O4S2/c1-6-27-19-10-8-7-9-18(19)23(15-20(24)22-21(2,3)4)29(25,26)17-13-11-16(28-5)12-14-17/h7-14H,6,15H2,1-5H3,(H,22,24). The molecule has 0 saturated heterocycles. The van der Waals surface area contributed by atoms with Crippen LogP contribution < -0.4 is 14.4 Å². The number of para-hydroxylation sites is 2. The first-order chi connectivity index (χ1) is 13.6. The molecule has 2 aromatic rings. The first-order valence-electron chi connectivity index (χ1n) is 9.28. The molecule has 0 fully saturated rings. The molecule has 0 spiro atoms. The normalized spacial score (nSPS) is 11.8. The van der Waals surface area contributed by atoms with Gasteiger partial charge >= 0.3 is 0 Å². The second-order valence-electron chi connectivity index (χ2n) is 7.39. The third-order valence-corrected chi connectivity index (χ3v) is 6.40. The molecule has 0 radical (unpaired) electrons. The van der Waals surface area contributed by atoms with Crippen molar-refractivity contribution in [3.8, 4) is 5.75 Å². The Kier molecular flexibility index (Phi) is 7.60. The van der Waals surface area contributed by atoms with Crippen LogP contribution in [-0.2, 0) is 14.8 Å². The van der Waals surface area contributed by atoms with Crippen molar-refractivity contribution in [3.63, 3.8) is 0 Å². The molecule has 1 amide bonds. The molecule has 1 N–H and O–H groups in total. The lowest BCUT2D eigenvalue weighted by molar-refractivity contribution is -0.121. The summed E-state index contributed by atoms with van der Waals surface area (Å²) < 4.78 is 33.7. The summed E-state index contributed by atoms with van der Waals surface area (Å²) in [6.45, 7) is 7.38. The first kappa shape index (κ1) is 23.1. The maximum absolute atomic E-state index is 13.5. The van der Waals surface area contributed by atoms with E-state index in [4.69, 9.17) is 4.74 Å². The minimum absolute atomic E-state index is 0.116. The van der Waals surface area contributed by atoms with Crippen molar-refractivity contribution in [3.05, 3.63) is 48.5 Å². The quantitative estimate of drug-likeness (QED) is 0.635. The zero-order chi connectivity index (χ0) is 21.7. The lowest BCUT2D eigenvalue weighted by atomic mass is 10.1. The van der Waals surface area contributed by atoms with Crippen LogP contribution in [0.1, 0.15) is 27.7 Å². The number of thioether (sulfide) groups is 1. The molecule has 0 heterocycles. The molecular weight excluding hydrogens is 408 g/mol. The van der Waals surface area contributed by atoms with Gasteiger partial charge in [-0.25, -0.2) is 8.42 Å². The highest BCUT2D eigenvalue weighted by Crippen LogP contribution is 2.33. The third kappa shape index (κ3) is 6.14. The number of nitrogens with one attached hydrogen (secondary N) is 1. The number of amides is 1. The Morgan fingerprint density at radius 2 is 1.72 bits per heavy atom. The van der Waals surface area contributed by atoms with Gasteiger partial charge in [-0.3, -0.25) is 9.10 Å². The Hall–Kier alpha value is -2.19. The van der Waals surface area contributed by atoms with Gasteiger partial charge in [-0.2, -0.15) is 0 Å². The highest BCUT2D eigenvalue weighted by Gasteiger charge is 2.30. The lowest BCUT2D eigenvalue weighted by Crippen LogP contribution is -2.47. The Bertz CT molecular complexity index is 936. The number of ether oxygens (including phenoxy) is 1. The Morgan fingerprint density at radius 1 is 1.10 bits per heavy atom. The molecule has 0 atom stereocenters. The molecule has 8 heteroatoms. The van der Waals surface area contributed by atoms with Crippen LogP contribution in [0, 0.1) is 0 Å². The van der Waals surface area contributed by atoms with Crippen molar-refractivity contribution in [1.82, 2.24) is 5.32 Å². The molecule has 0 unspecified atom stereocenters. The van der Waals surface area contributed by atoms with E-state index in [-0.39, 0.29) is 11.4 Å². The van der Waals surface area contributed by atoms with Crippen molar-refractivity contribution in [2.24, 2.45) is 0 Å². The summed E-state index contributed by atoms with van der Waals surface area (Å²) in [5.41, 5.74) is -0.154. The molecule has 0 bridgehead atoms. The van der Waals surface area contributed by atoms with Crippen LogP contribution in [0.2, 0.25) is 0 Å². The molecule has 0 saturated carbocycles. The molecule has 0 aliphatic heterocycles. The van der Waals surface area contributed by atoms with E-state index in [0.717, 1.165) is 9.20 Å². The predicted molar refractivity (Wildman–Crippen MR) is 118 cm³/mol. The van der Waals surface area contributed by atoms with Crippen molar-refractivity contribution in [1.29, 1.82) is 0 Å². The Labute approximate surface area is 177 Å². The summed E-state index contributed by atoms with van der Waals surface area (Å²) in [6, 6.07) is 13.4. The van der Waals surface area contributed by atoms with Gasteiger partial charge in [0.2, 0.25) is 5.91 Å². The molecular formula is C21H28N2O4S2. The SMILES string of the molecule is CCOc1ccccc1N(CC(=O)NC(C)(C)C)S(=O)(=O)c1ccc(SC)cc1. The van der Waals surface area contributed by atoms with Crippen LogP contribution >= 0.6 is 11.8 Å². The van der Waals surface area contributed by atoms with Crippen LogP contribution in [0.15, 0.2) is 58.3 Å². The van der Waals surface area contributed by atoms with E-state index in [1.807, 2.05) is 34.0 Å². The van der Waals surface area contributed by atoms with Gasteiger partial charge in [0.15, 0.2) is 0 Å². The second kappa shape index (κ2) is 9.54. The molecule has 2 aromatic carbocycles. The number of anilines is 1. The van der Waals surface area contributed by atoms with Crippen molar-refractivity contribution in [2.45, 2.75) is 43.0 Å². The number of sulfonamides is 1. The van der Waals surface area contributed by atoms with Crippen molar-refractivity contribution >= 4 is 33.4 Å². The number of carbonyl (C=O) groups is 1. The fraction of sp³-hybridized carbons (Fsp3) is 0.381. The molecule has 6 nitrogen and oxygen atoms in total. The summed E-state index contributed by atoms with van der Waals surface area (Å²) in [7, 11) is -3.99. The first-order valence-corrected chi connectivity index (χ1v) is 11.9. The summed E-state index contributed by atoms with van der Waals surface area (Å²) in [5, 5.41) is 2.82. The number of hydrogen-bond acceptors (Lipinski definition) is 5. The second-order valence-corrected chi connectivity index (χ2v) is 10.1. The van der Waals surface area contributed by atoms with Crippen LogP contribution in [0.4, 0.5) is 5.69 Å². The lowest BCUT2D eigenvalue weighted by Gasteiger charge is -2.28. The summed E-state index contributed by atoms with van der Waals surface area (Å²) >= 11 is 1.53. The van der Waals surface area contributed by atoms with Gasteiger partial charge in [0, 0.05) is 10.4 Å². The van der Waals surface area contributed by atoms with E-state index in [2.05, 4.69) is 5.32 Å². The topological polar surface area (TPSA) is 75.7 Å². The fourth-order valence-electron chi connectivity index (χ4n) is 2.70. The van der Waals surface area contributed by atoms with Crippen LogP contribution in [-0.4, -0.2) is 39.3 Å². The summed E-state index contributed by atoms with van der Waals surface area (Å²) in [6.07, 6.45) is 1.92. The van der Waals surface area contributed by atoms with Gasteiger partial charge in [-0.1, -0.05) is 12.1 Å². The predicted octanol–water partition coefficient (Wildman–Crippen LogP) is 3.92. The molecule has 0 aliphatic rings. The maximum atomic E-state index is 13.5. The molecule has 2 rings (SSSR count). The summed E-state index contributed by atoms with van der Waals surface area (Å²) in [4.78, 5) is 13.7. The molecule has 0 aliphatic carbocycles. The average molecular weight is 437 g/mol. The van der Waals surface area contributed by atoms with Crippen molar-refractivity contribution < 1.29 is 17.9 Å². The zero-order valence-electron chi connectivity index (χ0n) is 17.4. The molecule has 0 aromatic heterocycles. The van der Waals surface area contributed by atoms with Gasteiger partial charge in [-0.05, 0) is 70.3 Å². The average Bonchev–Trinajstić information content (AvgIpc) is 2.65. The smallest absolute Gasteiger partial charge is 0.264 e. The summed E-state index contributed by atoms with van der Waals surface area (Å²) in [5.74, 6) is 0.0102. The van der Waals surface area contributed by atoms with Gasteiger partial charge in [0.25, 0.3) is 10.0 Å². The number of benzene rings is 2. The van der Waals surface area contributed by atoms with Crippen LogP contribution in [0.25, 0.3) is 0 Å². The van der Waals surface area contributed by atoms with E-state index in [0.29, 0.717) is 18.0 Å². The van der Waals surface area contributed by atoms with Crippen LogP contribution in [0.5, 0.6) is 5.75 Å². The molecule has 29 heavy (non-hydrogen) atoms. The number of hydrogen-bond donors (Lipinski definition) is 1. The van der Waals surface area contributed by atoms with E-state index in [1.54, 1.807) is 48.5 Å². The molecule has 158 valence electrons. The van der Waals surface area contributed by atoms with E-state index in [1.165, 1.54) is 11.8 Å². The van der Waals surface area contributed by atoms with Gasteiger partial charge in [-0.15, -0.1) is 11.8 Å². The monoisotopic (exact) mass is 436 g/mol. The Balaban J connectivity index is 2.52. The largest absolute Gasteiger partial charge is 0.492 e. The highest BCUT2D eigenvalue weighted by molar-refractivity contribution is 7.98. The minimum Gasteiger partial charge on any atom is -0.492 e. The number of carbonyl (C=O) groups excluding carboxylic acids is 1. The fourth-order valence-corrected chi connectivity index (χ4v) is 4.54. The van der Waals surface area contributed by atoms with E-state index < -0.39 is 21.5 Å². The number of rotatable bonds is 8. The highest BCUT2D eigenvalue weighted by atomic mass is 32.2. The van der Waals surface area contributed by atoms with E-state index >= 15 is 0 Å². The van der Waals surface area contributed by atoms with Gasteiger partial charge in [0.1, 0.15) is 12.3 Å². The van der Waals surface area contributed by atoms with Gasteiger partial charge in [0.05, 0.1) is 17.2 Å². The van der Waals surface area contributed by atoms with Crippen molar-refractivity contribution in [2.75, 3.05) is 23.7 Å². The number of nitrogens with zero attached hydrogens (tertiary/aromatic N) is 1. The van der Waals surface area contributed by atoms with Gasteiger partial charge < -0.3 is 10.1 Å². The van der Waals surface area contributed by atoms with Crippen LogP contribution in [0.3, 0.4) is 0 Å². The van der Waals surface area contributed by atoms with E-state index in [9.17, 15) is 13.2 Å². The Morgan fingerprint density at radius 3 is 2.28 bits per heavy atom. The third-order valence-electron chi connectivity index (χ3n) is 3.88. The minimum atomic E-state index is -3.99. The maximum Gasteiger partial charge on any atom is 0.264 e.